The van der Waals surface area contributed by atoms with Crippen LogP contribution in [0, 0.1) is 6.92 Å². The minimum atomic E-state index is -0.501. The van der Waals surface area contributed by atoms with E-state index in [9.17, 15) is 4.79 Å². The Morgan fingerprint density at radius 2 is 1.88 bits per heavy atom. The van der Waals surface area contributed by atoms with E-state index in [4.69, 9.17) is 0 Å². The van der Waals surface area contributed by atoms with Crippen LogP contribution < -0.4 is 10.6 Å². The van der Waals surface area contributed by atoms with Gasteiger partial charge in [0.05, 0.1) is 5.54 Å². The number of allylic oxidation sites excluding steroid dienone is 1. The minimum absolute atomic E-state index is 0.230. The lowest BCUT2D eigenvalue weighted by molar-refractivity contribution is 0.242. The lowest BCUT2D eigenvalue weighted by atomic mass is 9.92. The first-order chi connectivity index (χ1) is 11.2. The average Bonchev–Trinajstić information content (AvgIpc) is 2.49. The molecule has 0 aliphatic carbocycles. The molecule has 126 valence electrons. The molecule has 0 aromatic heterocycles. The predicted octanol–water partition coefficient (Wildman–Crippen LogP) is 5.85. The molecule has 0 atom stereocenters. The maximum Gasteiger partial charge on any atom is 0.319 e. The Kier molecular flexibility index (Phi) is 5.50. The van der Waals surface area contributed by atoms with Crippen LogP contribution in [0.4, 0.5) is 10.5 Å². The monoisotopic (exact) mass is 386 g/mol. The first kappa shape index (κ1) is 18.3. The van der Waals surface area contributed by atoms with E-state index < -0.39 is 5.54 Å². The van der Waals surface area contributed by atoms with Gasteiger partial charge in [-0.15, -0.1) is 0 Å². The van der Waals surface area contributed by atoms with Crippen LogP contribution >= 0.6 is 15.9 Å². The minimum Gasteiger partial charge on any atom is -0.329 e. The summed E-state index contributed by atoms with van der Waals surface area (Å²) in [5.74, 6) is 0. The van der Waals surface area contributed by atoms with Crippen LogP contribution in [0.25, 0.3) is 5.57 Å². The molecule has 4 heteroatoms. The van der Waals surface area contributed by atoms with Gasteiger partial charge in [0, 0.05) is 10.2 Å². The molecule has 0 fully saturated rings. The number of carbonyl (C=O) groups is 1. The van der Waals surface area contributed by atoms with Crippen molar-refractivity contribution in [1.29, 1.82) is 0 Å². The molecular weight excluding hydrogens is 364 g/mol. The summed E-state index contributed by atoms with van der Waals surface area (Å²) in [6.07, 6.45) is 0. The van der Waals surface area contributed by atoms with E-state index in [-0.39, 0.29) is 6.03 Å². The van der Waals surface area contributed by atoms with E-state index in [1.165, 1.54) is 0 Å². The number of nitrogens with one attached hydrogen (secondary N) is 2. The molecule has 2 aromatic carbocycles. The second-order valence-corrected chi connectivity index (χ2v) is 7.44. The number of aryl methyl sites for hydroxylation is 1. The van der Waals surface area contributed by atoms with E-state index in [1.807, 2.05) is 64.1 Å². The van der Waals surface area contributed by atoms with Crippen LogP contribution in [-0.4, -0.2) is 6.03 Å². The number of amides is 2. The molecule has 0 unspecified atom stereocenters. The zero-order chi connectivity index (χ0) is 17.9. The standard InChI is InChI=1S/C20H23BrN2O/c1-13(2)15-7-6-8-16(12-15)20(4,5)23-19(24)22-18-10-9-17(21)11-14(18)3/h6-12H,1H2,2-5H3,(H2,22,23,24). The van der Waals surface area contributed by atoms with Gasteiger partial charge in [-0.25, -0.2) is 4.79 Å². The Hall–Kier alpha value is -2.07. The summed E-state index contributed by atoms with van der Waals surface area (Å²) in [5, 5.41) is 5.95. The molecule has 0 bridgehead atoms. The van der Waals surface area contributed by atoms with Crippen molar-refractivity contribution in [3.05, 3.63) is 70.2 Å². The molecular formula is C20H23BrN2O. The van der Waals surface area contributed by atoms with Crippen LogP contribution in [-0.2, 0) is 5.54 Å². The molecule has 0 saturated heterocycles. The van der Waals surface area contributed by atoms with Gasteiger partial charge in [0.25, 0.3) is 0 Å². The fourth-order valence-electron chi connectivity index (χ4n) is 2.45. The summed E-state index contributed by atoms with van der Waals surface area (Å²) in [7, 11) is 0. The number of hydrogen-bond donors (Lipinski definition) is 2. The molecule has 2 amide bonds. The number of anilines is 1. The van der Waals surface area contributed by atoms with E-state index >= 15 is 0 Å². The Bertz CT molecular complexity index is 781. The topological polar surface area (TPSA) is 41.1 Å². The van der Waals surface area contributed by atoms with Crippen molar-refractivity contribution < 1.29 is 4.79 Å². The summed E-state index contributed by atoms with van der Waals surface area (Å²) >= 11 is 3.42. The van der Waals surface area contributed by atoms with Crippen molar-refractivity contribution in [2.24, 2.45) is 0 Å². The van der Waals surface area contributed by atoms with Crippen molar-refractivity contribution in [3.63, 3.8) is 0 Å². The average molecular weight is 387 g/mol. The number of urea groups is 1. The fraction of sp³-hybridized carbons (Fsp3) is 0.250. The second kappa shape index (κ2) is 7.22. The van der Waals surface area contributed by atoms with Crippen LogP contribution in [0.1, 0.15) is 37.5 Å². The summed E-state index contributed by atoms with van der Waals surface area (Å²) in [6.45, 7) is 11.9. The van der Waals surface area contributed by atoms with Gasteiger partial charge in [0.2, 0.25) is 0 Å². The largest absolute Gasteiger partial charge is 0.329 e. The summed E-state index contributed by atoms with van der Waals surface area (Å²) in [4.78, 5) is 12.4. The van der Waals surface area contributed by atoms with Crippen LogP contribution in [0.5, 0.6) is 0 Å². The van der Waals surface area contributed by atoms with Gasteiger partial charge in [-0.05, 0) is 68.7 Å². The first-order valence-electron chi connectivity index (χ1n) is 7.81. The highest BCUT2D eigenvalue weighted by Crippen LogP contribution is 2.24. The zero-order valence-corrected chi connectivity index (χ0v) is 16.1. The third-order valence-electron chi connectivity index (χ3n) is 3.94. The van der Waals surface area contributed by atoms with E-state index in [2.05, 4.69) is 39.2 Å². The smallest absolute Gasteiger partial charge is 0.319 e. The van der Waals surface area contributed by atoms with Gasteiger partial charge >= 0.3 is 6.03 Å². The van der Waals surface area contributed by atoms with Crippen molar-refractivity contribution in [1.82, 2.24) is 5.32 Å². The van der Waals surface area contributed by atoms with Crippen molar-refractivity contribution in [2.45, 2.75) is 33.2 Å². The molecule has 0 aliphatic heterocycles. The number of halogens is 1. The molecule has 2 aromatic rings. The predicted molar refractivity (Wildman–Crippen MR) is 105 cm³/mol. The summed E-state index contributed by atoms with van der Waals surface area (Å²) < 4.78 is 0.989. The molecule has 0 saturated carbocycles. The fourth-order valence-corrected chi connectivity index (χ4v) is 2.93. The SMILES string of the molecule is C=C(C)c1cccc(C(C)(C)NC(=O)Nc2ccc(Br)cc2C)c1. The lowest BCUT2D eigenvalue weighted by Gasteiger charge is -2.28. The van der Waals surface area contributed by atoms with Crippen LogP contribution in [0.3, 0.4) is 0 Å². The van der Waals surface area contributed by atoms with Crippen molar-refractivity contribution in [2.75, 3.05) is 5.32 Å². The Labute approximate surface area is 152 Å². The van der Waals surface area contributed by atoms with Gasteiger partial charge in [-0.3, -0.25) is 0 Å². The van der Waals surface area contributed by atoms with Gasteiger partial charge < -0.3 is 10.6 Å². The summed E-state index contributed by atoms with van der Waals surface area (Å²) in [6, 6.07) is 13.6. The molecule has 2 rings (SSSR count). The number of hydrogen-bond acceptors (Lipinski definition) is 1. The highest BCUT2D eigenvalue weighted by atomic mass is 79.9. The molecule has 0 heterocycles. The molecule has 3 nitrogen and oxygen atoms in total. The second-order valence-electron chi connectivity index (χ2n) is 6.52. The lowest BCUT2D eigenvalue weighted by Crippen LogP contribution is -2.43. The Balaban J connectivity index is 2.14. The maximum atomic E-state index is 12.4. The van der Waals surface area contributed by atoms with Gasteiger partial charge in [-0.1, -0.05) is 46.3 Å². The molecule has 0 radical (unpaired) electrons. The Morgan fingerprint density at radius 1 is 1.17 bits per heavy atom. The third-order valence-corrected chi connectivity index (χ3v) is 4.43. The normalized spacial score (nSPS) is 11.0. The highest BCUT2D eigenvalue weighted by Gasteiger charge is 2.23. The molecule has 0 aliphatic rings. The quantitative estimate of drug-likeness (QED) is 0.679. The van der Waals surface area contributed by atoms with Crippen molar-refractivity contribution in [3.8, 4) is 0 Å². The van der Waals surface area contributed by atoms with E-state index in [0.29, 0.717) is 0 Å². The van der Waals surface area contributed by atoms with Crippen LogP contribution in [0.15, 0.2) is 53.5 Å². The van der Waals surface area contributed by atoms with Crippen molar-refractivity contribution >= 4 is 33.2 Å². The molecule has 0 spiro atoms. The van der Waals surface area contributed by atoms with Gasteiger partial charge in [0.1, 0.15) is 0 Å². The number of carbonyl (C=O) groups excluding carboxylic acids is 1. The molecule has 2 N–H and O–H groups in total. The molecule has 24 heavy (non-hydrogen) atoms. The number of rotatable bonds is 4. The van der Waals surface area contributed by atoms with Gasteiger partial charge in [0.15, 0.2) is 0 Å². The van der Waals surface area contributed by atoms with E-state index in [1.54, 1.807) is 0 Å². The summed E-state index contributed by atoms with van der Waals surface area (Å²) in [5.41, 5.74) is 4.40. The number of benzene rings is 2. The Morgan fingerprint density at radius 3 is 2.50 bits per heavy atom. The maximum absolute atomic E-state index is 12.4. The third kappa shape index (κ3) is 4.48. The first-order valence-corrected chi connectivity index (χ1v) is 8.60. The van der Waals surface area contributed by atoms with Gasteiger partial charge in [-0.2, -0.15) is 0 Å². The van der Waals surface area contributed by atoms with Crippen LogP contribution in [0.2, 0.25) is 0 Å². The zero-order valence-electron chi connectivity index (χ0n) is 14.5. The van der Waals surface area contributed by atoms with E-state index in [0.717, 1.165) is 32.4 Å². The highest BCUT2D eigenvalue weighted by molar-refractivity contribution is 9.10.